The molecule has 0 saturated carbocycles. The van der Waals surface area contributed by atoms with Gasteiger partial charge in [0.15, 0.2) is 0 Å². The number of piperidine rings is 1. The van der Waals surface area contributed by atoms with Crippen LogP contribution in [-0.2, 0) is 19.0 Å². The lowest BCUT2D eigenvalue weighted by Gasteiger charge is -2.54. The van der Waals surface area contributed by atoms with Crippen LogP contribution in [0.3, 0.4) is 0 Å². The predicted molar refractivity (Wildman–Crippen MR) is 118 cm³/mol. The van der Waals surface area contributed by atoms with Crippen molar-refractivity contribution in [3.05, 3.63) is 42.0 Å². The van der Waals surface area contributed by atoms with Gasteiger partial charge in [0.1, 0.15) is 12.7 Å². The van der Waals surface area contributed by atoms with Crippen LogP contribution in [0.1, 0.15) is 71.6 Å². The minimum atomic E-state index is -0.696. The third-order valence-electron chi connectivity index (χ3n) is 5.35. The van der Waals surface area contributed by atoms with Gasteiger partial charge in [0.05, 0.1) is 12.2 Å². The summed E-state index contributed by atoms with van der Waals surface area (Å²) in [4.78, 5) is 18.5. The smallest absolute Gasteiger partial charge is 0.432 e. The maximum Gasteiger partial charge on any atom is 0.508 e. The van der Waals surface area contributed by atoms with Gasteiger partial charge in [0.2, 0.25) is 0 Å². The van der Waals surface area contributed by atoms with Crippen molar-refractivity contribution in [3.8, 4) is 0 Å². The summed E-state index contributed by atoms with van der Waals surface area (Å²) >= 11 is 0. The summed E-state index contributed by atoms with van der Waals surface area (Å²) in [7, 11) is 1.76. The molecule has 1 unspecified atom stereocenters. The van der Waals surface area contributed by atoms with Gasteiger partial charge in [-0.2, -0.15) is 5.06 Å². The number of benzene rings is 1. The van der Waals surface area contributed by atoms with Crippen LogP contribution < -0.4 is 0 Å². The van der Waals surface area contributed by atoms with Crippen LogP contribution in [0.4, 0.5) is 4.79 Å². The van der Waals surface area contributed by atoms with Crippen LogP contribution >= 0.6 is 0 Å². The average molecular weight is 420 g/mol. The van der Waals surface area contributed by atoms with E-state index >= 15 is 0 Å². The molecule has 1 aliphatic rings. The number of hydroxylamine groups is 2. The summed E-state index contributed by atoms with van der Waals surface area (Å²) in [6.07, 6.45) is 2.22. The second kappa shape index (κ2) is 9.94. The highest BCUT2D eigenvalue weighted by molar-refractivity contribution is 5.60. The standard InChI is InChI=1S/C24H37NO5/c1-9-18-10-12-19(13-11-18)21(16-28-22(26)29-17(2)3)30-25-23(4,5)14-20(27-8)15-24(25,6)7/h9-13,17,20-21H,1,14-16H2,2-8H3. The van der Waals surface area contributed by atoms with E-state index in [9.17, 15) is 4.79 Å². The zero-order chi connectivity index (χ0) is 22.5. The number of hydrogen-bond acceptors (Lipinski definition) is 6. The molecule has 0 N–H and O–H groups in total. The molecule has 30 heavy (non-hydrogen) atoms. The van der Waals surface area contributed by atoms with Crippen LogP contribution in [0, 0.1) is 0 Å². The number of rotatable bonds is 8. The zero-order valence-corrected chi connectivity index (χ0v) is 19.4. The van der Waals surface area contributed by atoms with Crippen molar-refractivity contribution < 1.29 is 23.8 Å². The summed E-state index contributed by atoms with van der Waals surface area (Å²) in [5.74, 6) is 0. The molecule has 0 spiro atoms. The van der Waals surface area contributed by atoms with Crippen LogP contribution in [0.15, 0.2) is 30.8 Å². The molecule has 1 heterocycles. The fraction of sp³-hybridized carbons (Fsp3) is 0.625. The SMILES string of the molecule is C=Cc1ccc(C(COC(=O)OC(C)C)ON2C(C)(C)CC(OC)CC2(C)C)cc1. The summed E-state index contributed by atoms with van der Waals surface area (Å²) in [5, 5.41) is 2.04. The number of hydrogen-bond donors (Lipinski definition) is 0. The first-order valence-electron chi connectivity index (χ1n) is 10.5. The van der Waals surface area contributed by atoms with Crippen LogP contribution in [0.2, 0.25) is 0 Å². The molecule has 0 aromatic heterocycles. The fourth-order valence-corrected chi connectivity index (χ4v) is 4.16. The molecule has 6 heteroatoms. The maximum absolute atomic E-state index is 12.0. The van der Waals surface area contributed by atoms with E-state index in [0.717, 1.165) is 24.0 Å². The Morgan fingerprint density at radius 3 is 2.20 bits per heavy atom. The van der Waals surface area contributed by atoms with E-state index in [4.69, 9.17) is 19.0 Å². The molecule has 1 atom stereocenters. The van der Waals surface area contributed by atoms with E-state index in [1.54, 1.807) is 27.0 Å². The summed E-state index contributed by atoms with van der Waals surface area (Å²) in [6.45, 7) is 16.0. The van der Waals surface area contributed by atoms with E-state index in [2.05, 4.69) is 34.3 Å². The van der Waals surface area contributed by atoms with E-state index in [0.29, 0.717) is 0 Å². The van der Waals surface area contributed by atoms with E-state index in [1.165, 1.54) is 0 Å². The van der Waals surface area contributed by atoms with E-state index < -0.39 is 12.3 Å². The third-order valence-corrected chi connectivity index (χ3v) is 5.35. The molecule has 1 saturated heterocycles. The highest BCUT2D eigenvalue weighted by Crippen LogP contribution is 2.41. The molecule has 1 aliphatic heterocycles. The molecule has 0 radical (unpaired) electrons. The van der Waals surface area contributed by atoms with Gasteiger partial charge in [-0.3, -0.25) is 4.84 Å². The van der Waals surface area contributed by atoms with Crippen molar-refractivity contribution in [1.29, 1.82) is 0 Å². The molecular formula is C24H37NO5. The average Bonchev–Trinajstić information content (AvgIpc) is 2.65. The minimum absolute atomic E-state index is 0.0509. The first kappa shape index (κ1) is 24.4. The Balaban J connectivity index is 2.26. The lowest BCUT2D eigenvalue weighted by atomic mass is 9.80. The predicted octanol–water partition coefficient (Wildman–Crippen LogP) is 5.53. The molecule has 2 rings (SSSR count). The van der Waals surface area contributed by atoms with Gasteiger partial charge in [-0.25, -0.2) is 4.79 Å². The van der Waals surface area contributed by atoms with Crippen molar-refractivity contribution in [3.63, 3.8) is 0 Å². The molecule has 0 bridgehead atoms. The first-order chi connectivity index (χ1) is 14.0. The van der Waals surface area contributed by atoms with E-state index in [-0.39, 0.29) is 29.9 Å². The Hall–Kier alpha value is -1.89. The summed E-state index contributed by atoms with van der Waals surface area (Å²) in [5.41, 5.74) is 1.40. The quantitative estimate of drug-likeness (QED) is 0.516. The second-order valence-electron chi connectivity index (χ2n) is 9.38. The Morgan fingerprint density at radius 2 is 1.73 bits per heavy atom. The Kier molecular flexibility index (Phi) is 8.08. The van der Waals surface area contributed by atoms with Crippen LogP contribution in [0.5, 0.6) is 0 Å². The molecule has 0 amide bonds. The fourth-order valence-electron chi connectivity index (χ4n) is 4.16. The van der Waals surface area contributed by atoms with Gasteiger partial charge in [0.25, 0.3) is 0 Å². The van der Waals surface area contributed by atoms with Gasteiger partial charge >= 0.3 is 6.16 Å². The second-order valence-corrected chi connectivity index (χ2v) is 9.38. The number of methoxy groups -OCH3 is 1. The zero-order valence-electron chi connectivity index (χ0n) is 19.4. The summed E-state index contributed by atoms with van der Waals surface area (Å²) < 4.78 is 16.2. The first-order valence-corrected chi connectivity index (χ1v) is 10.5. The third kappa shape index (κ3) is 6.30. The number of carbonyl (C=O) groups excluding carboxylic acids is 1. The van der Waals surface area contributed by atoms with Gasteiger partial charge in [-0.1, -0.05) is 36.9 Å². The molecule has 6 nitrogen and oxygen atoms in total. The van der Waals surface area contributed by atoms with Crippen molar-refractivity contribution in [2.75, 3.05) is 13.7 Å². The topological polar surface area (TPSA) is 57.2 Å². The molecule has 1 fully saturated rings. The lowest BCUT2D eigenvalue weighted by Crippen LogP contribution is -2.62. The van der Waals surface area contributed by atoms with Crippen molar-refractivity contribution in [2.45, 2.75) is 83.8 Å². The number of nitrogens with zero attached hydrogens (tertiary/aromatic N) is 1. The molecular weight excluding hydrogens is 382 g/mol. The van der Waals surface area contributed by atoms with E-state index in [1.807, 2.05) is 29.3 Å². The Labute approximate surface area is 181 Å². The normalized spacial score (nSPS) is 20.0. The van der Waals surface area contributed by atoms with Gasteiger partial charge in [-0.15, -0.1) is 0 Å². The molecule has 168 valence electrons. The monoisotopic (exact) mass is 419 g/mol. The van der Waals surface area contributed by atoms with Gasteiger partial charge < -0.3 is 14.2 Å². The highest BCUT2D eigenvalue weighted by atomic mass is 16.7. The van der Waals surface area contributed by atoms with Crippen molar-refractivity contribution >= 4 is 12.2 Å². The summed E-state index contributed by atoms with van der Waals surface area (Å²) in [6, 6.07) is 7.89. The Morgan fingerprint density at radius 1 is 1.17 bits per heavy atom. The number of carbonyl (C=O) groups is 1. The number of ether oxygens (including phenoxy) is 3. The van der Waals surface area contributed by atoms with Crippen molar-refractivity contribution in [1.82, 2.24) is 5.06 Å². The van der Waals surface area contributed by atoms with Crippen LogP contribution in [0.25, 0.3) is 6.08 Å². The molecule has 1 aromatic carbocycles. The molecule has 0 aliphatic carbocycles. The largest absolute Gasteiger partial charge is 0.508 e. The lowest BCUT2D eigenvalue weighted by molar-refractivity contribution is -0.321. The van der Waals surface area contributed by atoms with Crippen LogP contribution in [-0.4, -0.2) is 48.2 Å². The minimum Gasteiger partial charge on any atom is -0.432 e. The Bertz CT molecular complexity index is 693. The molecule has 1 aromatic rings. The van der Waals surface area contributed by atoms with Gasteiger partial charge in [0, 0.05) is 18.2 Å². The highest BCUT2D eigenvalue weighted by Gasteiger charge is 2.47. The van der Waals surface area contributed by atoms with Gasteiger partial charge in [-0.05, 0) is 65.5 Å². The van der Waals surface area contributed by atoms with Crippen molar-refractivity contribution in [2.24, 2.45) is 0 Å². The maximum atomic E-state index is 12.0.